The fourth-order valence-electron chi connectivity index (χ4n) is 4.13. The van der Waals surface area contributed by atoms with Gasteiger partial charge in [0.1, 0.15) is 37.2 Å². The van der Waals surface area contributed by atoms with Gasteiger partial charge in [0.15, 0.2) is 11.5 Å². The van der Waals surface area contributed by atoms with Gasteiger partial charge in [-0.25, -0.2) is 0 Å². The number of rotatable bonds is 3. The smallest absolute Gasteiger partial charge is 0.231 e. The average molecular weight is 406 g/mol. The zero-order chi connectivity index (χ0) is 20.7. The van der Waals surface area contributed by atoms with E-state index in [4.69, 9.17) is 14.2 Å². The van der Waals surface area contributed by atoms with Gasteiger partial charge in [0, 0.05) is 5.56 Å². The largest absolute Gasteiger partial charge is 0.507 e. The van der Waals surface area contributed by atoms with Gasteiger partial charge in [-0.3, -0.25) is 4.79 Å². The minimum atomic E-state index is -0.196. The molecule has 1 atom stereocenters. The number of morpholine rings is 1. The maximum absolute atomic E-state index is 13.0. The summed E-state index contributed by atoms with van der Waals surface area (Å²) in [6, 6.07) is 11.0. The number of aromatic hydroxyl groups is 1. The molecule has 3 aliphatic rings. The molecule has 2 N–H and O–H groups in total. The number of Topliss-reactive ketones (excluding diaryl/α,β-unsaturated/α-hetero) is 1. The van der Waals surface area contributed by atoms with Gasteiger partial charge in [-0.05, 0) is 42.8 Å². The maximum Gasteiger partial charge on any atom is 0.231 e. The van der Waals surface area contributed by atoms with Gasteiger partial charge in [-0.1, -0.05) is 18.2 Å². The fraction of sp³-hybridized carbons (Fsp3) is 0.292. The molecule has 5 rings (SSSR count). The lowest BCUT2D eigenvalue weighted by Crippen LogP contribution is -3.12. The SMILES string of the molecule is C[C@@H]1Oc2ccccc2C=C1/C=C1\Oc2c(ccc(O)c2C[NH+]2CCOCC2)C1=O. The highest BCUT2D eigenvalue weighted by Gasteiger charge is 2.33. The number of quaternary nitrogens is 1. The number of hydrogen-bond acceptors (Lipinski definition) is 5. The number of carbonyl (C=O) groups is 1. The Labute approximate surface area is 175 Å². The van der Waals surface area contributed by atoms with Gasteiger partial charge in [-0.15, -0.1) is 0 Å². The van der Waals surface area contributed by atoms with E-state index in [9.17, 15) is 9.90 Å². The number of hydrogen-bond donors (Lipinski definition) is 2. The second-order valence-electron chi connectivity index (χ2n) is 7.86. The van der Waals surface area contributed by atoms with Gasteiger partial charge < -0.3 is 24.2 Å². The van der Waals surface area contributed by atoms with Crippen molar-refractivity contribution in [3.05, 3.63) is 70.5 Å². The first kappa shape index (κ1) is 18.9. The van der Waals surface area contributed by atoms with Crippen LogP contribution < -0.4 is 14.4 Å². The summed E-state index contributed by atoms with van der Waals surface area (Å²) in [5.41, 5.74) is 3.01. The summed E-state index contributed by atoms with van der Waals surface area (Å²) >= 11 is 0. The van der Waals surface area contributed by atoms with Crippen LogP contribution in [0.5, 0.6) is 17.2 Å². The molecule has 154 valence electrons. The first-order valence-corrected chi connectivity index (χ1v) is 10.3. The van der Waals surface area contributed by atoms with E-state index in [1.165, 1.54) is 4.90 Å². The van der Waals surface area contributed by atoms with Crippen LogP contribution in [-0.4, -0.2) is 43.3 Å². The number of para-hydroxylation sites is 1. The first-order chi connectivity index (χ1) is 14.6. The van der Waals surface area contributed by atoms with Gasteiger partial charge >= 0.3 is 0 Å². The summed E-state index contributed by atoms with van der Waals surface area (Å²) in [4.78, 5) is 14.3. The van der Waals surface area contributed by atoms with Gasteiger partial charge in [-0.2, -0.15) is 0 Å². The summed E-state index contributed by atoms with van der Waals surface area (Å²) in [7, 11) is 0. The van der Waals surface area contributed by atoms with E-state index in [-0.39, 0.29) is 23.4 Å². The molecule has 3 heterocycles. The lowest BCUT2D eigenvalue weighted by Gasteiger charge is -2.24. The third kappa shape index (κ3) is 3.38. The highest BCUT2D eigenvalue weighted by atomic mass is 16.5. The molecular formula is C24H24NO5+. The maximum atomic E-state index is 13.0. The summed E-state index contributed by atoms with van der Waals surface area (Å²) in [5.74, 6) is 1.54. The second-order valence-corrected chi connectivity index (χ2v) is 7.86. The lowest BCUT2D eigenvalue weighted by atomic mass is 10.0. The Kier molecular flexibility index (Phi) is 4.81. The number of ether oxygens (including phenoxy) is 3. The minimum absolute atomic E-state index is 0.157. The molecular weight excluding hydrogens is 382 g/mol. The Balaban J connectivity index is 1.46. The normalized spacial score (nSPS) is 22.2. The second kappa shape index (κ2) is 7.63. The Morgan fingerprint density at radius 3 is 2.80 bits per heavy atom. The molecule has 6 heteroatoms. The molecule has 6 nitrogen and oxygen atoms in total. The van der Waals surface area contributed by atoms with Crippen LogP contribution in [0.2, 0.25) is 0 Å². The molecule has 2 aromatic carbocycles. The summed E-state index contributed by atoms with van der Waals surface area (Å²) in [6.45, 7) is 5.66. The zero-order valence-electron chi connectivity index (χ0n) is 16.8. The number of phenols is 1. The molecule has 0 spiro atoms. The molecule has 2 aromatic rings. The van der Waals surface area contributed by atoms with Crippen LogP contribution in [0.25, 0.3) is 6.08 Å². The van der Waals surface area contributed by atoms with Crippen LogP contribution >= 0.6 is 0 Å². The van der Waals surface area contributed by atoms with E-state index in [1.807, 2.05) is 37.3 Å². The Morgan fingerprint density at radius 2 is 1.97 bits per heavy atom. The molecule has 0 saturated carbocycles. The summed E-state index contributed by atoms with van der Waals surface area (Å²) < 4.78 is 17.4. The van der Waals surface area contributed by atoms with E-state index in [1.54, 1.807) is 18.2 Å². The van der Waals surface area contributed by atoms with Crippen molar-refractivity contribution in [1.82, 2.24) is 0 Å². The lowest BCUT2D eigenvalue weighted by molar-refractivity contribution is -0.921. The Morgan fingerprint density at radius 1 is 1.17 bits per heavy atom. The Hall–Kier alpha value is -3.09. The fourth-order valence-corrected chi connectivity index (χ4v) is 4.13. The summed E-state index contributed by atoms with van der Waals surface area (Å²) in [6.07, 6.45) is 3.58. The van der Waals surface area contributed by atoms with Crippen molar-refractivity contribution in [2.45, 2.75) is 19.6 Å². The predicted molar refractivity (Wildman–Crippen MR) is 111 cm³/mol. The first-order valence-electron chi connectivity index (χ1n) is 10.3. The molecule has 0 amide bonds. The van der Waals surface area contributed by atoms with Crippen LogP contribution in [0.15, 0.2) is 53.8 Å². The van der Waals surface area contributed by atoms with E-state index in [0.29, 0.717) is 36.6 Å². The van der Waals surface area contributed by atoms with Gasteiger partial charge in [0.05, 0.1) is 24.3 Å². The van der Waals surface area contributed by atoms with E-state index < -0.39 is 0 Å². The van der Waals surface area contributed by atoms with Crippen LogP contribution in [0.4, 0.5) is 0 Å². The van der Waals surface area contributed by atoms with Crippen molar-refractivity contribution >= 4 is 11.9 Å². The van der Waals surface area contributed by atoms with Crippen molar-refractivity contribution in [2.75, 3.05) is 26.3 Å². The minimum Gasteiger partial charge on any atom is -0.507 e. The van der Waals surface area contributed by atoms with Crippen molar-refractivity contribution in [3.63, 3.8) is 0 Å². The van der Waals surface area contributed by atoms with Crippen molar-refractivity contribution in [2.24, 2.45) is 0 Å². The number of allylic oxidation sites excluding steroid dienone is 1. The number of benzene rings is 2. The van der Waals surface area contributed by atoms with Crippen molar-refractivity contribution in [3.8, 4) is 17.2 Å². The number of ketones is 1. The molecule has 1 fully saturated rings. The molecule has 30 heavy (non-hydrogen) atoms. The van der Waals surface area contributed by atoms with E-state index in [2.05, 4.69) is 0 Å². The molecule has 0 unspecified atom stereocenters. The third-order valence-corrected chi connectivity index (χ3v) is 5.85. The zero-order valence-corrected chi connectivity index (χ0v) is 16.8. The molecule has 3 aliphatic heterocycles. The van der Waals surface area contributed by atoms with Gasteiger partial charge in [0.2, 0.25) is 5.78 Å². The molecule has 1 saturated heterocycles. The molecule has 0 aromatic heterocycles. The quantitative estimate of drug-likeness (QED) is 0.765. The number of nitrogens with one attached hydrogen (secondary N) is 1. The topological polar surface area (TPSA) is 69.4 Å². The van der Waals surface area contributed by atoms with E-state index >= 15 is 0 Å². The molecule has 0 aliphatic carbocycles. The summed E-state index contributed by atoms with van der Waals surface area (Å²) in [5, 5.41) is 10.5. The number of phenolic OH excluding ortho intramolecular Hbond substituents is 1. The third-order valence-electron chi connectivity index (χ3n) is 5.85. The van der Waals surface area contributed by atoms with Crippen LogP contribution in [-0.2, 0) is 11.3 Å². The highest BCUT2D eigenvalue weighted by molar-refractivity contribution is 6.13. The monoisotopic (exact) mass is 406 g/mol. The van der Waals surface area contributed by atoms with Crippen molar-refractivity contribution in [1.29, 1.82) is 0 Å². The van der Waals surface area contributed by atoms with Crippen molar-refractivity contribution < 1.29 is 29.0 Å². The standard InChI is InChI=1S/C24H23NO5/c1-15-17(12-16-4-2-3-5-21(16)29-15)13-22-23(27)18-6-7-20(26)19(24(18)30-22)14-25-8-10-28-11-9-25/h2-7,12-13,15,26H,8-11,14H2,1H3/p+1/b22-13-/t15-/m0/s1. The van der Waals surface area contributed by atoms with E-state index in [0.717, 1.165) is 30.0 Å². The molecule has 0 radical (unpaired) electrons. The average Bonchev–Trinajstić information content (AvgIpc) is 3.07. The van der Waals surface area contributed by atoms with Crippen LogP contribution in [0.1, 0.15) is 28.4 Å². The highest BCUT2D eigenvalue weighted by Crippen LogP contribution is 2.39. The van der Waals surface area contributed by atoms with Crippen LogP contribution in [0.3, 0.4) is 0 Å². The van der Waals surface area contributed by atoms with Crippen LogP contribution in [0, 0.1) is 0 Å². The Bertz CT molecular complexity index is 1070. The number of carbonyl (C=O) groups excluding carboxylic acids is 1. The molecule has 0 bridgehead atoms. The predicted octanol–water partition coefficient (Wildman–Crippen LogP) is 2.13. The van der Waals surface area contributed by atoms with Gasteiger partial charge in [0.25, 0.3) is 0 Å². The number of fused-ring (bicyclic) bond motifs is 2.